The van der Waals surface area contributed by atoms with Crippen molar-refractivity contribution in [1.29, 1.82) is 0 Å². The van der Waals surface area contributed by atoms with Crippen molar-refractivity contribution in [3.05, 3.63) is 55.1 Å². The predicted octanol–water partition coefficient (Wildman–Crippen LogP) is 3.67. The average Bonchev–Trinajstić information content (AvgIpc) is 2.45. The van der Waals surface area contributed by atoms with Crippen LogP contribution in [0.15, 0.2) is 44.5 Å². The second kappa shape index (κ2) is 6.64. The summed E-state index contributed by atoms with van der Waals surface area (Å²) in [5, 5.41) is 24.3. The SMILES string of the molecule is O=[N+]([O-])c1cccnc1N/N=C\c1cc(Br)c(O)c(Br)c1. The number of phenolic OH excluding ortho intramolecular Hbond substituents is 1. The molecule has 1 aromatic heterocycles. The Morgan fingerprint density at radius 1 is 1.38 bits per heavy atom. The van der Waals surface area contributed by atoms with Gasteiger partial charge in [-0.15, -0.1) is 0 Å². The largest absolute Gasteiger partial charge is 0.506 e. The van der Waals surface area contributed by atoms with E-state index in [1.165, 1.54) is 24.5 Å². The van der Waals surface area contributed by atoms with Gasteiger partial charge in [0.2, 0.25) is 5.82 Å². The maximum absolute atomic E-state index is 10.8. The fraction of sp³-hybridized carbons (Fsp3) is 0. The zero-order valence-electron chi connectivity index (χ0n) is 10.3. The van der Waals surface area contributed by atoms with Gasteiger partial charge in [0.15, 0.2) is 0 Å². The van der Waals surface area contributed by atoms with E-state index >= 15 is 0 Å². The minimum atomic E-state index is -0.543. The van der Waals surface area contributed by atoms with E-state index in [2.05, 4.69) is 47.4 Å². The molecule has 0 aliphatic heterocycles. The third kappa shape index (κ3) is 3.76. The predicted molar refractivity (Wildman–Crippen MR) is 85.6 cm³/mol. The van der Waals surface area contributed by atoms with Gasteiger partial charge in [-0.3, -0.25) is 15.5 Å². The van der Waals surface area contributed by atoms with Gasteiger partial charge in [0.05, 0.1) is 20.1 Å². The number of aromatic hydroxyl groups is 1. The number of hydrogen-bond acceptors (Lipinski definition) is 6. The highest BCUT2D eigenvalue weighted by Crippen LogP contribution is 2.32. The lowest BCUT2D eigenvalue weighted by atomic mass is 10.2. The van der Waals surface area contributed by atoms with E-state index in [9.17, 15) is 15.2 Å². The van der Waals surface area contributed by atoms with Crippen LogP contribution in [0.3, 0.4) is 0 Å². The molecule has 2 N–H and O–H groups in total. The van der Waals surface area contributed by atoms with Crippen LogP contribution in [-0.2, 0) is 0 Å². The molecule has 0 aliphatic rings. The summed E-state index contributed by atoms with van der Waals surface area (Å²) in [6.07, 6.45) is 2.88. The summed E-state index contributed by atoms with van der Waals surface area (Å²) >= 11 is 6.40. The molecule has 1 aromatic carbocycles. The van der Waals surface area contributed by atoms with Gasteiger partial charge in [-0.1, -0.05) is 0 Å². The summed E-state index contributed by atoms with van der Waals surface area (Å²) in [6.45, 7) is 0. The number of hydrazone groups is 1. The standard InChI is InChI=1S/C12H8Br2N4O3/c13-8-4-7(5-9(14)11(8)19)6-16-17-12-10(18(20)21)2-1-3-15-12/h1-6,19H,(H,15,17)/b16-6-. The van der Waals surface area contributed by atoms with Gasteiger partial charge >= 0.3 is 5.69 Å². The molecule has 0 spiro atoms. The Morgan fingerprint density at radius 2 is 2.05 bits per heavy atom. The van der Waals surface area contributed by atoms with Gasteiger partial charge in [-0.2, -0.15) is 5.10 Å². The van der Waals surface area contributed by atoms with Crippen molar-refractivity contribution in [2.45, 2.75) is 0 Å². The van der Waals surface area contributed by atoms with E-state index in [0.717, 1.165) is 0 Å². The number of aromatic nitrogens is 1. The number of hydrogen-bond donors (Lipinski definition) is 2. The fourth-order valence-electron chi connectivity index (χ4n) is 1.46. The molecular formula is C12H8Br2N4O3. The summed E-state index contributed by atoms with van der Waals surface area (Å²) < 4.78 is 1.00. The molecule has 0 radical (unpaired) electrons. The summed E-state index contributed by atoms with van der Waals surface area (Å²) in [6, 6.07) is 6.11. The topological polar surface area (TPSA) is 101 Å². The second-order valence-electron chi connectivity index (χ2n) is 3.83. The Hall–Kier alpha value is -2.00. The molecule has 0 fully saturated rings. The molecule has 0 unspecified atom stereocenters. The lowest BCUT2D eigenvalue weighted by Crippen LogP contribution is -1.99. The van der Waals surface area contributed by atoms with E-state index in [0.29, 0.717) is 14.5 Å². The molecule has 0 bridgehead atoms. The van der Waals surface area contributed by atoms with E-state index in [4.69, 9.17) is 0 Å². The number of nitrogens with zero attached hydrogens (tertiary/aromatic N) is 3. The number of halogens is 2. The van der Waals surface area contributed by atoms with Crippen LogP contribution in [0.5, 0.6) is 5.75 Å². The summed E-state index contributed by atoms with van der Waals surface area (Å²) in [5.41, 5.74) is 3.03. The van der Waals surface area contributed by atoms with Crippen LogP contribution < -0.4 is 5.43 Å². The molecule has 2 aromatic rings. The molecule has 2 rings (SSSR count). The monoisotopic (exact) mass is 414 g/mol. The first-order chi connectivity index (χ1) is 9.99. The molecule has 108 valence electrons. The zero-order valence-corrected chi connectivity index (χ0v) is 13.5. The van der Waals surface area contributed by atoms with Gasteiger partial charge in [-0.05, 0) is 55.6 Å². The zero-order chi connectivity index (χ0) is 15.4. The molecule has 0 saturated heterocycles. The maximum atomic E-state index is 10.8. The molecular weight excluding hydrogens is 408 g/mol. The van der Waals surface area contributed by atoms with Crippen molar-refractivity contribution in [2.24, 2.45) is 5.10 Å². The van der Waals surface area contributed by atoms with E-state index < -0.39 is 4.92 Å². The summed E-state index contributed by atoms with van der Waals surface area (Å²) in [4.78, 5) is 14.1. The van der Waals surface area contributed by atoms with Crippen LogP contribution in [0.25, 0.3) is 0 Å². The maximum Gasteiger partial charge on any atom is 0.313 e. The van der Waals surface area contributed by atoms with E-state index in [1.807, 2.05) is 0 Å². The highest BCUT2D eigenvalue weighted by atomic mass is 79.9. The van der Waals surface area contributed by atoms with Crippen LogP contribution in [0, 0.1) is 10.1 Å². The second-order valence-corrected chi connectivity index (χ2v) is 5.54. The van der Waals surface area contributed by atoms with Gasteiger partial charge in [0.25, 0.3) is 0 Å². The Kier molecular flexibility index (Phi) is 4.86. The molecule has 1 heterocycles. The third-order valence-electron chi connectivity index (χ3n) is 2.41. The molecule has 0 saturated carbocycles. The Labute approximate surface area is 136 Å². The molecule has 0 aliphatic carbocycles. The highest BCUT2D eigenvalue weighted by Gasteiger charge is 2.12. The van der Waals surface area contributed by atoms with Crippen molar-refractivity contribution >= 4 is 49.6 Å². The van der Waals surface area contributed by atoms with Crippen LogP contribution in [-0.4, -0.2) is 21.2 Å². The molecule has 0 atom stereocenters. The van der Waals surface area contributed by atoms with Crippen LogP contribution in [0.2, 0.25) is 0 Å². The first kappa shape index (κ1) is 15.4. The quantitative estimate of drug-likeness (QED) is 0.450. The average molecular weight is 416 g/mol. The first-order valence-electron chi connectivity index (χ1n) is 5.55. The normalized spacial score (nSPS) is 10.8. The first-order valence-corrected chi connectivity index (χ1v) is 7.14. The number of benzene rings is 1. The number of nitro groups is 1. The van der Waals surface area contributed by atoms with E-state index in [1.54, 1.807) is 12.1 Å². The minimum absolute atomic E-state index is 0.0515. The number of rotatable bonds is 4. The van der Waals surface area contributed by atoms with Gasteiger partial charge in [0, 0.05) is 12.3 Å². The van der Waals surface area contributed by atoms with Crippen molar-refractivity contribution in [3.8, 4) is 5.75 Å². The number of nitrogens with one attached hydrogen (secondary N) is 1. The Morgan fingerprint density at radius 3 is 2.67 bits per heavy atom. The Balaban J connectivity index is 2.19. The fourth-order valence-corrected chi connectivity index (χ4v) is 2.68. The van der Waals surface area contributed by atoms with Crippen LogP contribution >= 0.6 is 31.9 Å². The Bertz CT molecular complexity index is 698. The van der Waals surface area contributed by atoms with Crippen molar-refractivity contribution in [2.75, 3.05) is 5.43 Å². The highest BCUT2D eigenvalue weighted by molar-refractivity contribution is 9.11. The molecule has 0 amide bonds. The van der Waals surface area contributed by atoms with Crippen LogP contribution in [0.4, 0.5) is 11.5 Å². The summed E-state index contributed by atoms with van der Waals surface area (Å²) in [7, 11) is 0. The van der Waals surface area contributed by atoms with Crippen LogP contribution in [0.1, 0.15) is 5.56 Å². The number of pyridine rings is 1. The van der Waals surface area contributed by atoms with Crippen molar-refractivity contribution in [1.82, 2.24) is 4.98 Å². The lowest BCUT2D eigenvalue weighted by molar-refractivity contribution is -0.384. The number of phenols is 1. The molecule has 21 heavy (non-hydrogen) atoms. The lowest BCUT2D eigenvalue weighted by Gasteiger charge is -2.02. The van der Waals surface area contributed by atoms with Crippen molar-refractivity contribution in [3.63, 3.8) is 0 Å². The van der Waals surface area contributed by atoms with Gasteiger partial charge in [-0.25, -0.2) is 4.98 Å². The van der Waals surface area contributed by atoms with Gasteiger partial charge in [0.1, 0.15) is 5.75 Å². The van der Waals surface area contributed by atoms with Crippen molar-refractivity contribution < 1.29 is 10.0 Å². The number of anilines is 1. The van der Waals surface area contributed by atoms with E-state index in [-0.39, 0.29) is 17.3 Å². The minimum Gasteiger partial charge on any atom is -0.506 e. The molecule has 9 heteroatoms. The molecule has 7 nitrogen and oxygen atoms in total. The van der Waals surface area contributed by atoms with Gasteiger partial charge < -0.3 is 5.11 Å². The smallest absolute Gasteiger partial charge is 0.313 e. The third-order valence-corrected chi connectivity index (χ3v) is 3.62. The summed E-state index contributed by atoms with van der Waals surface area (Å²) in [5.74, 6) is 0.135.